The molecule has 4 aromatic carbocycles. The highest BCUT2D eigenvalue weighted by atomic mass is 32.2. The summed E-state index contributed by atoms with van der Waals surface area (Å²) in [5.41, 5.74) is 1.04. The van der Waals surface area contributed by atoms with Crippen molar-refractivity contribution in [1.82, 2.24) is 19.5 Å². The van der Waals surface area contributed by atoms with Gasteiger partial charge in [-0.15, -0.1) is 0 Å². The minimum atomic E-state index is -2.64. The number of ether oxygens (including phenoxy) is 2. The molecule has 0 aliphatic heterocycles. The van der Waals surface area contributed by atoms with E-state index in [0.29, 0.717) is 45.9 Å². The van der Waals surface area contributed by atoms with Crippen LogP contribution in [0.1, 0.15) is 13.8 Å². The summed E-state index contributed by atoms with van der Waals surface area (Å²) < 4.78 is 32.9. The van der Waals surface area contributed by atoms with Crippen molar-refractivity contribution >= 4 is 50.7 Å². The Morgan fingerprint density at radius 3 is 1.98 bits per heavy atom. The van der Waals surface area contributed by atoms with Gasteiger partial charge in [0.15, 0.2) is 17.0 Å². The summed E-state index contributed by atoms with van der Waals surface area (Å²) in [4.78, 5) is 14.9. The van der Waals surface area contributed by atoms with Crippen molar-refractivity contribution in [2.24, 2.45) is 4.74 Å². The van der Waals surface area contributed by atoms with Gasteiger partial charge in [0.2, 0.25) is 5.16 Å². The van der Waals surface area contributed by atoms with Gasteiger partial charge in [0.25, 0.3) is 0 Å². The molecule has 0 saturated carbocycles. The van der Waals surface area contributed by atoms with Crippen LogP contribution in [-0.4, -0.2) is 43.5 Å². The Morgan fingerprint density at radius 1 is 0.822 bits per heavy atom. The van der Waals surface area contributed by atoms with Crippen LogP contribution in [0.4, 0.5) is 5.82 Å². The monoisotopic (exact) mass is 635 g/mol. The number of nitrogens with zero attached hydrogens (tertiary/aromatic N) is 5. The molecule has 0 aliphatic carbocycles. The number of methoxy groups -OCH3 is 1. The Labute approximate surface area is 265 Å². The van der Waals surface area contributed by atoms with Gasteiger partial charge in [-0.3, -0.25) is 4.57 Å². The van der Waals surface area contributed by atoms with Crippen LogP contribution in [0.2, 0.25) is 0 Å². The van der Waals surface area contributed by atoms with E-state index >= 15 is 0 Å². The molecule has 0 amide bonds. The summed E-state index contributed by atoms with van der Waals surface area (Å²) in [5.74, 6) is 1.06. The molecule has 0 radical (unpaired) electrons. The number of fused-ring (bicyclic) bond motifs is 1. The summed E-state index contributed by atoms with van der Waals surface area (Å²) in [5, 5.41) is 3.60. The second-order valence-corrected chi connectivity index (χ2v) is 14.9. The van der Waals surface area contributed by atoms with E-state index in [1.165, 1.54) is 6.33 Å². The minimum absolute atomic E-state index is 0.0420. The van der Waals surface area contributed by atoms with Crippen molar-refractivity contribution in [2.75, 3.05) is 13.7 Å². The quantitative estimate of drug-likeness (QED) is 0.157. The third-order valence-corrected chi connectivity index (χ3v) is 12.3. The molecule has 2 heterocycles. The molecule has 6 rings (SSSR count). The Morgan fingerprint density at radius 2 is 1.42 bits per heavy atom. The number of hydrogen-bond donors (Lipinski definition) is 0. The predicted molar refractivity (Wildman–Crippen MR) is 181 cm³/mol. The molecule has 0 aliphatic rings. The summed E-state index contributed by atoms with van der Waals surface area (Å²) in [7, 11) is -2.70. The largest absolute Gasteiger partial charge is 0.497 e. The lowest BCUT2D eigenvalue weighted by molar-refractivity contribution is 0.0720. The van der Waals surface area contributed by atoms with Crippen molar-refractivity contribution in [3.05, 3.63) is 122 Å². The maximum Gasteiger partial charge on any atom is 0.206 e. The van der Waals surface area contributed by atoms with Crippen LogP contribution in [0.5, 0.6) is 5.75 Å². The maximum absolute atomic E-state index is 14.1. The van der Waals surface area contributed by atoms with E-state index in [0.717, 1.165) is 15.9 Å². The van der Waals surface area contributed by atoms with Crippen LogP contribution in [-0.2, 0) is 22.1 Å². The lowest BCUT2D eigenvalue weighted by Gasteiger charge is -2.26. The van der Waals surface area contributed by atoms with E-state index in [1.807, 2.05) is 85.1 Å². The van der Waals surface area contributed by atoms with Crippen LogP contribution < -0.4 is 20.7 Å². The Bertz CT molecular complexity index is 1880. The zero-order valence-electron chi connectivity index (χ0n) is 25.4. The highest BCUT2D eigenvalue weighted by Crippen LogP contribution is 2.49. The molecule has 6 aromatic rings. The molecule has 0 fully saturated rings. The van der Waals surface area contributed by atoms with Crippen molar-refractivity contribution < 1.29 is 13.7 Å². The van der Waals surface area contributed by atoms with E-state index in [1.54, 1.807) is 19.2 Å². The van der Waals surface area contributed by atoms with Crippen LogP contribution in [0.25, 0.3) is 11.2 Å². The molecule has 0 N–H and O–H groups in total. The first-order valence-electron chi connectivity index (χ1n) is 14.7. The summed E-state index contributed by atoms with van der Waals surface area (Å²) >= 11 is 0. The van der Waals surface area contributed by atoms with Gasteiger partial charge in [-0.25, -0.2) is 23.9 Å². The highest BCUT2D eigenvalue weighted by Gasteiger charge is 2.29. The van der Waals surface area contributed by atoms with Gasteiger partial charge in [0.1, 0.15) is 22.9 Å². The van der Waals surface area contributed by atoms with Gasteiger partial charge < -0.3 is 9.47 Å². The molecule has 0 bridgehead atoms. The van der Waals surface area contributed by atoms with Crippen LogP contribution in [0, 0.1) is 0 Å². The maximum atomic E-state index is 14.1. The molecule has 1 unspecified atom stereocenters. The van der Waals surface area contributed by atoms with Crippen LogP contribution in [0.15, 0.2) is 136 Å². The lowest BCUT2D eigenvalue weighted by atomic mass is 10.3. The van der Waals surface area contributed by atoms with Crippen molar-refractivity contribution in [3.8, 4) is 5.75 Å². The third-order valence-electron chi connectivity index (χ3n) is 7.30. The Balaban J connectivity index is 1.64. The zero-order chi connectivity index (χ0) is 31.2. The van der Waals surface area contributed by atoms with Crippen LogP contribution in [0.3, 0.4) is 0 Å². The normalized spacial score (nSPS) is 12.4. The van der Waals surface area contributed by atoms with E-state index in [9.17, 15) is 4.21 Å². The Hall–Kier alpha value is -4.43. The number of rotatable bonds is 11. The second-order valence-electron chi connectivity index (χ2n) is 10.5. The third kappa shape index (κ3) is 6.25. The number of aromatic nitrogens is 4. The molecular weight excluding hydrogens is 601 g/mol. The fourth-order valence-corrected chi connectivity index (χ4v) is 9.89. The number of imidazole rings is 1. The van der Waals surface area contributed by atoms with Crippen molar-refractivity contribution in [1.29, 1.82) is 0 Å². The second kappa shape index (κ2) is 13.7. The smallest absolute Gasteiger partial charge is 0.206 e. The van der Waals surface area contributed by atoms with Gasteiger partial charge in [-0.05, 0) is 32.0 Å². The fraction of sp³-hybridized carbons (Fsp3) is 0.171. The van der Waals surface area contributed by atoms with Gasteiger partial charge >= 0.3 is 0 Å². The first kappa shape index (κ1) is 30.6. The average Bonchev–Trinajstić information content (AvgIpc) is 3.47. The highest BCUT2D eigenvalue weighted by molar-refractivity contribution is 7.87. The van der Waals surface area contributed by atoms with E-state index < -0.39 is 17.9 Å². The molecular formula is C35H34N5O3PS. The standard InChI is InChI=1S/C35H34N5O3PS/c1-26(2)43-23-22-40-34-32(38-35(40)45(41)31-21-13-14-27(24-31)42-3)33(36-25-37-34)39-44(28-15-7-4-8-16-28,29-17-9-5-10-18-29)30-19-11-6-12-20-30/h4-21,24-26H,22-23H2,1-3H3. The molecule has 228 valence electrons. The fourth-order valence-electron chi connectivity index (χ4n) is 5.22. The molecule has 2 aromatic heterocycles. The summed E-state index contributed by atoms with van der Waals surface area (Å²) in [6.45, 7) is 4.78. The van der Waals surface area contributed by atoms with Gasteiger partial charge in [-0.2, -0.15) is 0 Å². The average molecular weight is 636 g/mol. The Kier molecular flexibility index (Phi) is 9.31. The van der Waals surface area contributed by atoms with Gasteiger partial charge in [-0.1, -0.05) is 97.1 Å². The van der Waals surface area contributed by atoms with E-state index in [-0.39, 0.29) is 6.10 Å². The molecule has 10 heteroatoms. The predicted octanol–water partition coefficient (Wildman–Crippen LogP) is 6.24. The number of hydrogen-bond acceptors (Lipinski definition) is 7. The number of benzene rings is 4. The van der Waals surface area contributed by atoms with E-state index in [4.69, 9.17) is 24.2 Å². The van der Waals surface area contributed by atoms with E-state index in [2.05, 4.69) is 41.4 Å². The molecule has 0 saturated heterocycles. The molecule has 1 atom stereocenters. The topological polar surface area (TPSA) is 91.5 Å². The van der Waals surface area contributed by atoms with Crippen molar-refractivity contribution in [2.45, 2.75) is 36.5 Å². The summed E-state index contributed by atoms with van der Waals surface area (Å²) in [6, 6.07) is 38.2. The molecule has 45 heavy (non-hydrogen) atoms. The SMILES string of the molecule is COc1cccc(S(=O)c2nc3c(N=P(c4ccccc4)(c4ccccc4)c4ccccc4)ncnc3n2CCOC(C)C)c1. The zero-order valence-corrected chi connectivity index (χ0v) is 27.1. The first-order chi connectivity index (χ1) is 22.0. The molecule has 8 nitrogen and oxygen atoms in total. The lowest BCUT2D eigenvalue weighted by Crippen LogP contribution is -2.25. The summed E-state index contributed by atoms with van der Waals surface area (Å²) in [6.07, 6.45) is 1.55. The first-order valence-corrected chi connectivity index (χ1v) is 17.6. The van der Waals surface area contributed by atoms with Crippen LogP contribution >= 0.6 is 7.05 Å². The van der Waals surface area contributed by atoms with Crippen molar-refractivity contribution in [3.63, 3.8) is 0 Å². The molecule has 0 spiro atoms. The van der Waals surface area contributed by atoms with Gasteiger partial charge in [0.05, 0.1) is 38.3 Å². The van der Waals surface area contributed by atoms with Gasteiger partial charge in [0, 0.05) is 15.9 Å². The minimum Gasteiger partial charge on any atom is -0.497 e.